The van der Waals surface area contributed by atoms with Crippen molar-refractivity contribution in [1.29, 1.82) is 0 Å². The van der Waals surface area contributed by atoms with E-state index in [1.54, 1.807) is 0 Å². The van der Waals surface area contributed by atoms with Gasteiger partial charge in [0.05, 0.1) is 19.3 Å². The first-order chi connectivity index (χ1) is 22.3. The van der Waals surface area contributed by atoms with Gasteiger partial charge in [-0.3, -0.25) is 4.79 Å². The lowest BCUT2D eigenvalue weighted by molar-refractivity contribution is -0.294. The molecule has 2 fully saturated rings. The van der Waals surface area contributed by atoms with Crippen LogP contribution in [0, 0.1) is 0 Å². The molecule has 258 valence electrons. The Kier molecular flexibility index (Phi) is 10.3. The molecule has 0 radical (unpaired) electrons. The molecule has 17 heteroatoms. The minimum Gasteiger partial charge on any atom is -0.508 e. The molecule has 9 N–H and O–H groups in total. The van der Waals surface area contributed by atoms with E-state index < -0.39 is 86.7 Å². The number of benzene rings is 2. The van der Waals surface area contributed by atoms with Gasteiger partial charge in [0.2, 0.25) is 12.6 Å². The van der Waals surface area contributed by atoms with Crippen molar-refractivity contribution in [3.05, 3.63) is 47.2 Å². The molecular formula is C30H36O17. The maximum Gasteiger partial charge on any atom is 0.302 e. The number of aliphatic hydroxyl groups excluding tert-OH is 7. The summed E-state index contributed by atoms with van der Waals surface area (Å²) in [4.78, 5) is 11.4. The fourth-order valence-electron chi connectivity index (χ4n) is 5.29. The summed E-state index contributed by atoms with van der Waals surface area (Å²) >= 11 is 0. The third-order valence-electron chi connectivity index (χ3n) is 7.85. The van der Waals surface area contributed by atoms with Gasteiger partial charge in [0.25, 0.3) is 0 Å². The summed E-state index contributed by atoms with van der Waals surface area (Å²) in [6.07, 6.45) is -16.2. The van der Waals surface area contributed by atoms with Gasteiger partial charge in [0, 0.05) is 24.6 Å². The molecule has 17 nitrogen and oxygen atoms in total. The van der Waals surface area contributed by atoms with Crippen LogP contribution < -0.4 is 14.2 Å². The smallest absolute Gasteiger partial charge is 0.302 e. The van der Waals surface area contributed by atoms with Gasteiger partial charge in [-0.1, -0.05) is 6.07 Å². The number of hydrogen-bond donors (Lipinski definition) is 9. The second-order valence-corrected chi connectivity index (χ2v) is 11.1. The highest BCUT2D eigenvalue weighted by Crippen LogP contribution is 2.46. The van der Waals surface area contributed by atoms with Crippen LogP contribution in [0.2, 0.25) is 0 Å². The number of esters is 1. The Morgan fingerprint density at radius 2 is 1.45 bits per heavy atom. The molecule has 2 saturated heterocycles. The maximum atomic E-state index is 11.4. The highest BCUT2D eigenvalue weighted by Gasteiger charge is 2.47. The van der Waals surface area contributed by atoms with E-state index in [1.807, 2.05) is 0 Å². The number of hydrogen-bond acceptors (Lipinski definition) is 17. The first-order valence-corrected chi connectivity index (χ1v) is 14.4. The van der Waals surface area contributed by atoms with Crippen LogP contribution in [-0.4, -0.2) is 134 Å². The Hall–Kier alpha value is -3.91. The van der Waals surface area contributed by atoms with Crippen molar-refractivity contribution in [2.75, 3.05) is 20.3 Å². The molecule has 2 aromatic rings. The van der Waals surface area contributed by atoms with Crippen LogP contribution in [0.25, 0.3) is 6.08 Å². The average Bonchev–Trinajstić information content (AvgIpc) is 3.04. The number of aliphatic hydroxyl groups is 7. The molecule has 47 heavy (non-hydrogen) atoms. The zero-order valence-corrected chi connectivity index (χ0v) is 25.0. The summed E-state index contributed by atoms with van der Waals surface area (Å²) in [6.45, 7) is -0.0634. The molecule has 0 bridgehead atoms. The van der Waals surface area contributed by atoms with Crippen molar-refractivity contribution in [2.24, 2.45) is 0 Å². The third-order valence-corrected chi connectivity index (χ3v) is 7.85. The van der Waals surface area contributed by atoms with Crippen molar-refractivity contribution in [1.82, 2.24) is 0 Å². The number of methoxy groups -OCH3 is 1. The van der Waals surface area contributed by atoms with Crippen LogP contribution in [0.1, 0.15) is 24.2 Å². The van der Waals surface area contributed by atoms with E-state index in [9.17, 15) is 50.8 Å². The highest BCUT2D eigenvalue weighted by molar-refractivity contribution is 5.70. The largest absolute Gasteiger partial charge is 0.508 e. The minimum atomic E-state index is -1.82. The molecule has 5 rings (SSSR count). The fourth-order valence-corrected chi connectivity index (χ4v) is 5.29. The number of phenols is 2. The standard InChI is InChI=1S/C30H36O17/c1-11(32)42-10-21-23(36)25(38)27(40)30(47-21)45-19-8-14-16(43-28(19)12-3-4-15(34)18(5-12)41-2)6-13(33)7-17(14)44-29-26(39)24(37)22(35)20(9-31)46-29/h3-8,20-31,33-40H,9-10H2,1-2H3/t20-,21-,22-,23-,24+,25+,26-,27-,28?,29-,30-/m1/s1. The van der Waals surface area contributed by atoms with E-state index in [1.165, 1.54) is 37.5 Å². The number of carbonyl (C=O) groups excluding carboxylic acids is 1. The molecule has 1 unspecified atom stereocenters. The van der Waals surface area contributed by atoms with E-state index in [0.717, 1.165) is 13.0 Å². The van der Waals surface area contributed by atoms with Crippen LogP contribution >= 0.6 is 0 Å². The maximum absolute atomic E-state index is 11.4. The van der Waals surface area contributed by atoms with Crippen molar-refractivity contribution >= 4 is 12.0 Å². The van der Waals surface area contributed by atoms with Crippen molar-refractivity contribution in [3.63, 3.8) is 0 Å². The Morgan fingerprint density at radius 1 is 0.809 bits per heavy atom. The molecule has 0 aliphatic carbocycles. The molecule has 0 saturated carbocycles. The molecule has 3 aliphatic rings. The normalized spacial score (nSPS) is 33.6. The third kappa shape index (κ3) is 7.03. The van der Waals surface area contributed by atoms with Gasteiger partial charge in [0.1, 0.15) is 78.4 Å². The number of ether oxygens (including phenoxy) is 7. The van der Waals surface area contributed by atoms with Crippen molar-refractivity contribution in [2.45, 2.75) is 74.4 Å². The van der Waals surface area contributed by atoms with Crippen LogP contribution in [0.4, 0.5) is 0 Å². The van der Waals surface area contributed by atoms with E-state index in [-0.39, 0.29) is 40.1 Å². The van der Waals surface area contributed by atoms with Gasteiger partial charge in [-0.2, -0.15) is 0 Å². The first kappa shape index (κ1) is 34.4. The van der Waals surface area contributed by atoms with Gasteiger partial charge in [-0.15, -0.1) is 0 Å². The molecular weight excluding hydrogens is 632 g/mol. The monoisotopic (exact) mass is 668 g/mol. The van der Waals surface area contributed by atoms with Gasteiger partial charge < -0.3 is 79.1 Å². The molecule has 11 atom stereocenters. The summed E-state index contributed by atoms with van der Waals surface area (Å²) in [5, 5.41) is 92.9. The van der Waals surface area contributed by atoms with Crippen LogP contribution in [0.3, 0.4) is 0 Å². The molecule has 3 aliphatic heterocycles. The summed E-state index contributed by atoms with van der Waals surface area (Å²) < 4.78 is 39.3. The van der Waals surface area contributed by atoms with Crippen molar-refractivity contribution in [3.8, 4) is 28.7 Å². The Labute approximate surface area is 266 Å². The molecule has 0 aromatic heterocycles. The van der Waals surface area contributed by atoms with Gasteiger partial charge >= 0.3 is 5.97 Å². The predicted molar refractivity (Wildman–Crippen MR) is 153 cm³/mol. The topological polar surface area (TPSA) is 264 Å². The Bertz CT molecular complexity index is 1460. The highest BCUT2D eigenvalue weighted by atomic mass is 16.7. The fraction of sp³-hybridized carbons (Fsp3) is 0.500. The molecule has 3 heterocycles. The van der Waals surface area contributed by atoms with Crippen LogP contribution in [0.5, 0.6) is 28.7 Å². The van der Waals surface area contributed by atoms with E-state index in [0.29, 0.717) is 5.56 Å². The van der Waals surface area contributed by atoms with Gasteiger partial charge in [-0.05, 0) is 18.2 Å². The number of phenolic OH excluding ortho intramolecular Hbond substituents is 2. The summed E-state index contributed by atoms with van der Waals surface area (Å²) in [7, 11) is 1.33. The van der Waals surface area contributed by atoms with E-state index >= 15 is 0 Å². The second-order valence-electron chi connectivity index (χ2n) is 11.1. The lowest BCUT2D eigenvalue weighted by Crippen LogP contribution is -2.60. The predicted octanol–water partition coefficient (Wildman–Crippen LogP) is -1.85. The lowest BCUT2D eigenvalue weighted by atomic mass is 9.98. The summed E-state index contributed by atoms with van der Waals surface area (Å²) in [5.41, 5.74) is 0.415. The number of fused-ring (bicyclic) bond motifs is 1. The quantitative estimate of drug-likeness (QED) is 0.133. The Morgan fingerprint density at radius 3 is 2.09 bits per heavy atom. The van der Waals surface area contributed by atoms with Crippen molar-refractivity contribution < 1.29 is 83.9 Å². The zero-order valence-electron chi connectivity index (χ0n) is 25.0. The van der Waals surface area contributed by atoms with Gasteiger partial charge in [-0.25, -0.2) is 0 Å². The Balaban J connectivity index is 1.54. The zero-order chi connectivity index (χ0) is 34.2. The molecule has 0 amide bonds. The molecule has 2 aromatic carbocycles. The second kappa shape index (κ2) is 14.1. The number of aromatic hydroxyl groups is 2. The van der Waals surface area contributed by atoms with E-state index in [4.69, 9.17) is 33.2 Å². The van der Waals surface area contributed by atoms with E-state index in [2.05, 4.69) is 0 Å². The number of carbonyl (C=O) groups is 1. The molecule has 0 spiro atoms. The lowest BCUT2D eigenvalue weighted by Gasteiger charge is -2.41. The SMILES string of the molecule is COc1cc(C2Oc3cc(O)cc(O[C@@H]4O[C@H](CO)[C@@H](O)[C@H](O)[C@H]4O)c3C=C2O[C@@H]2O[C@H](COC(C)=O)[C@@H](O)[C@H](O)[C@H]2O)ccc1O. The summed E-state index contributed by atoms with van der Waals surface area (Å²) in [5.74, 6) is -1.46. The van der Waals surface area contributed by atoms with Crippen LogP contribution in [-0.2, 0) is 23.7 Å². The van der Waals surface area contributed by atoms with Crippen LogP contribution in [0.15, 0.2) is 36.1 Å². The number of rotatable bonds is 9. The summed E-state index contributed by atoms with van der Waals surface area (Å²) in [6, 6.07) is 6.58. The average molecular weight is 669 g/mol. The first-order valence-electron chi connectivity index (χ1n) is 14.4. The minimum absolute atomic E-state index is 0.00212. The van der Waals surface area contributed by atoms with Gasteiger partial charge in [0.15, 0.2) is 17.6 Å².